The molecule has 1 aliphatic heterocycles. The number of anilines is 1. The fourth-order valence-corrected chi connectivity index (χ4v) is 4.34. The summed E-state index contributed by atoms with van der Waals surface area (Å²) in [6, 6.07) is 0.648. The van der Waals surface area contributed by atoms with E-state index in [1.165, 1.54) is 25.8 Å². The van der Waals surface area contributed by atoms with Crippen LogP contribution in [0, 0.1) is 5.92 Å². The molecule has 0 spiro atoms. The smallest absolute Gasteiger partial charge is 0.225 e. The second-order valence-corrected chi connectivity index (χ2v) is 7.93. The van der Waals surface area contributed by atoms with Crippen molar-refractivity contribution in [2.45, 2.75) is 65.3 Å². The number of rotatable bonds is 7. The first kappa shape index (κ1) is 20.1. The minimum Gasteiger partial charge on any atom is -0.355 e. The van der Waals surface area contributed by atoms with E-state index in [0.717, 1.165) is 62.6 Å². The van der Waals surface area contributed by atoms with Crippen LogP contribution in [-0.4, -0.2) is 59.5 Å². The molecule has 1 saturated heterocycles. The normalized spacial score (nSPS) is 22.9. The first-order valence-corrected chi connectivity index (χ1v) is 10.7. The van der Waals surface area contributed by atoms with Crippen LogP contribution in [0.4, 0.5) is 5.95 Å². The SMILES string of the molecule is CCN(CC)c1ncc2c(n1)CCC(C(=O)NCCN1CCCCC1C)C2. The van der Waals surface area contributed by atoms with Gasteiger partial charge in [-0.25, -0.2) is 9.97 Å². The first-order valence-electron chi connectivity index (χ1n) is 10.7. The van der Waals surface area contributed by atoms with Crippen molar-refractivity contribution in [3.8, 4) is 0 Å². The van der Waals surface area contributed by atoms with E-state index < -0.39 is 0 Å². The number of nitrogens with one attached hydrogen (secondary N) is 1. The third kappa shape index (κ3) is 4.98. The maximum Gasteiger partial charge on any atom is 0.225 e. The Hall–Kier alpha value is -1.69. The van der Waals surface area contributed by atoms with Crippen molar-refractivity contribution >= 4 is 11.9 Å². The van der Waals surface area contributed by atoms with Crippen molar-refractivity contribution in [1.82, 2.24) is 20.2 Å². The molecule has 0 bridgehead atoms. The molecule has 0 radical (unpaired) electrons. The highest BCUT2D eigenvalue weighted by molar-refractivity contribution is 5.79. The third-order valence-corrected chi connectivity index (χ3v) is 6.19. The van der Waals surface area contributed by atoms with Crippen LogP contribution in [0.15, 0.2) is 6.20 Å². The third-order valence-electron chi connectivity index (χ3n) is 6.19. The number of piperidine rings is 1. The van der Waals surface area contributed by atoms with Gasteiger partial charge in [0, 0.05) is 50.0 Å². The molecule has 0 saturated carbocycles. The van der Waals surface area contributed by atoms with Gasteiger partial charge in [0.1, 0.15) is 0 Å². The molecule has 6 heteroatoms. The van der Waals surface area contributed by atoms with Crippen LogP contribution in [0.25, 0.3) is 0 Å². The molecule has 1 amide bonds. The van der Waals surface area contributed by atoms with Crippen LogP contribution < -0.4 is 10.2 Å². The summed E-state index contributed by atoms with van der Waals surface area (Å²) in [5.41, 5.74) is 2.26. The van der Waals surface area contributed by atoms with Crippen LogP contribution in [-0.2, 0) is 17.6 Å². The minimum absolute atomic E-state index is 0.0548. The van der Waals surface area contributed by atoms with Gasteiger partial charge >= 0.3 is 0 Å². The zero-order valence-electron chi connectivity index (χ0n) is 17.2. The number of likely N-dealkylation sites (tertiary alicyclic amines) is 1. The Kier molecular flexibility index (Phi) is 7.05. The van der Waals surface area contributed by atoms with Crippen molar-refractivity contribution < 1.29 is 4.79 Å². The lowest BCUT2D eigenvalue weighted by Gasteiger charge is -2.33. The van der Waals surface area contributed by atoms with E-state index in [-0.39, 0.29) is 11.8 Å². The van der Waals surface area contributed by atoms with Crippen molar-refractivity contribution in [1.29, 1.82) is 0 Å². The van der Waals surface area contributed by atoms with E-state index in [1.54, 1.807) is 0 Å². The standard InChI is InChI=1S/C21H35N5O/c1-4-25(5-2)21-23-15-18-14-17(9-10-19(18)24-21)20(27)22-11-13-26-12-7-6-8-16(26)3/h15-17H,4-14H2,1-3H3,(H,22,27). The highest BCUT2D eigenvalue weighted by atomic mass is 16.1. The Morgan fingerprint density at radius 2 is 2.11 bits per heavy atom. The lowest BCUT2D eigenvalue weighted by atomic mass is 9.86. The molecule has 27 heavy (non-hydrogen) atoms. The Balaban J connectivity index is 1.50. The zero-order valence-corrected chi connectivity index (χ0v) is 17.2. The Bertz CT molecular complexity index is 631. The molecule has 1 aromatic rings. The molecule has 150 valence electrons. The highest BCUT2D eigenvalue weighted by Crippen LogP contribution is 2.25. The molecular weight excluding hydrogens is 338 g/mol. The number of aromatic nitrogens is 2. The van der Waals surface area contributed by atoms with Gasteiger partial charge in [0.15, 0.2) is 0 Å². The lowest BCUT2D eigenvalue weighted by Crippen LogP contribution is -2.44. The molecule has 1 fully saturated rings. The fourth-order valence-electron chi connectivity index (χ4n) is 4.34. The van der Waals surface area contributed by atoms with E-state index in [4.69, 9.17) is 4.98 Å². The van der Waals surface area contributed by atoms with Crippen molar-refractivity contribution in [3.63, 3.8) is 0 Å². The lowest BCUT2D eigenvalue weighted by molar-refractivity contribution is -0.125. The quantitative estimate of drug-likeness (QED) is 0.795. The summed E-state index contributed by atoms with van der Waals surface area (Å²) in [6.45, 7) is 11.3. The predicted molar refractivity (Wildman–Crippen MR) is 109 cm³/mol. The van der Waals surface area contributed by atoms with Gasteiger partial charge in [-0.2, -0.15) is 0 Å². The molecule has 0 aromatic carbocycles. The van der Waals surface area contributed by atoms with Gasteiger partial charge < -0.3 is 10.2 Å². The Morgan fingerprint density at radius 3 is 2.85 bits per heavy atom. The summed E-state index contributed by atoms with van der Waals surface area (Å²) in [5.74, 6) is 1.06. The Morgan fingerprint density at radius 1 is 1.30 bits per heavy atom. The van der Waals surface area contributed by atoms with Crippen molar-refractivity contribution in [2.75, 3.05) is 37.6 Å². The largest absolute Gasteiger partial charge is 0.355 e. The van der Waals surface area contributed by atoms with Gasteiger partial charge in [0.2, 0.25) is 11.9 Å². The van der Waals surface area contributed by atoms with Crippen LogP contribution >= 0.6 is 0 Å². The van der Waals surface area contributed by atoms with Crippen LogP contribution in [0.3, 0.4) is 0 Å². The topological polar surface area (TPSA) is 61.4 Å². The summed E-state index contributed by atoms with van der Waals surface area (Å²) >= 11 is 0. The average molecular weight is 374 g/mol. The van der Waals surface area contributed by atoms with Gasteiger partial charge in [-0.1, -0.05) is 6.42 Å². The number of aryl methyl sites for hydroxylation is 1. The van der Waals surface area contributed by atoms with Crippen LogP contribution in [0.1, 0.15) is 57.7 Å². The molecule has 3 rings (SSSR count). The number of hydrogen-bond acceptors (Lipinski definition) is 5. The van der Waals surface area contributed by atoms with Gasteiger partial charge in [-0.05, 0) is 65.0 Å². The second-order valence-electron chi connectivity index (χ2n) is 7.93. The molecule has 2 unspecified atom stereocenters. The molecule has 2 heterocycles. The van der Waals surface area contributed by atoms with Gasteiger partial charge in [0.25, 0.3) is 0 Å². The monoisotopic (exact) mass is 373 g/mol. The predicted octanol–water partition coefficient (Wildman–Crippen LogP) is 2.42. The van der Waals surface area contributed by atoms with Gasteiger partial charge in [-0.15, -0.1) is 0 Å². The number of carbonyl (C=O) groups is 1. The summed E-state index contributed by atoms with van der Waals surface area (Å²) in [4.78, 5) is 26.6. The van der Waals surface area contributed by atoms with E-state index in [0.29, 0.717) is 6.04 Å². The number of amides is 1. The molecule has 1 aromatic heterocycles. The van der Waals surface area contributed by atoms with Crippen LogP contribution in [0.2, 0.25) is 0 Å². The second kappa shape index (κ2) is 9.49. The maximum absolute atomic E-state index is 12.6. The Labute approximate surface area is 163 Å². The van der Waals surface area contributed by atoms with E-state index in [9.17, 15) is 4.79 Å². The molecule has 2 atom stereocenters. The van der Waals surface area contributed by atoms with E-state index in [1.807, 2.05) is 6.20 Å². The van der Waals surface area contributed by atoms with E-state index >= 15 is 0 Å². The molecular formula is C21H35N5O. The number of nitrogens with zero attached hydrogens (tertiary/aromatic N) is 4. The first-order chi connectivity index (χ1) is 13.1. The van der Waals surface area contributed by atoms with Crippen LogP contribution in [0.5, 0.6) is 0 Å². The molecule has 1 N–H and O–H groups in total. The minimum atomic E-state index is 0.0548. The van der Waals surface area contributed by atoms with Gasteiger partial charge in [0.05, 0.1) is 0 Å². The summed E-state index contributed by atoms with van der Waals surface area (Å²) in [5, 5.41) is 3.17. The molecule has 6 nitrogen and oxygen atoms in total. The van der Waals surface area contributed by atoms with E-state index in [2.05, 4.69) is 40.9 Å². The number of carbonyl (C=O) groups excluding carboxylic acids is 1. The highest BCUT2D eigenvalue weighted by Gasteiger charge is 2.26. The van der Waals surface area contributed by atoms with Crippen molar-refractivity contribution in [2.24, 2.45) is 5.92 Å². The summed E-state index contributed by atoms with van der Waals surface area (Å²) < 4.78 is 0. The molecule has 1 aliphatic carbocycles. The van der Waals surface area contributed by atoms with Gasteiger partial charge in [-0.3, -0.25) is 9.69 Å². The maximum atomic E-state index is 12.6. The molecule has 2 aliphatic rings. The number of fused-ring (bicyclic) bond motifs is 1. The van der Waals surface area contributed by atoms with Crippen molar-refractivity contribution in [3.05, 3.63) is 17.5 Å². The number of hydrogen-bond donors (Lipinski definition) is 1. The fraction of sp³-hybridized carbons (Fsp3) is 0.762. The summed E-state index contributed by atoms with van der Waals surface area (Å²) in [7, 11) is 0. The summed E-state index contributed by atoms with van der Waals surface area (Å²) in [6.07, 6.45) is 8.35. The zero-order chi connectivity index (χ0) is 19.2. The average Bonchev–Trinajstić information content (AvgIpc) is 2.70.